The molecule has 0 bridgehead atoms. The van der Waals surface area contributed by atoms with Gasteiger partial charge in [0, 0.05) is 18.8 Å². The molecule has 0 unspecified atom stereocenters. The van der Waals surface area contributed by atoms with Crippen LogP contribution in [0.2, 0.25) is 0 Å². The summed E-state index contributed by atoms with van der Waals surface area (Å²) < 4.78 is 44.0. The number of anilines is 1. The van der Waals surface area contributed by atoms with Crippen molar-refractivity contribution in [3.05, 3.63) is 35.2 Å². The summed E-state index contributed by atoms with van der Waals surface area (Å²) in [6.07, 6.45) is -4.45. The van der Waals surface area contributed by atoms with Crippen LogP contribution in [0.15, 0.2) is 18.2 Å². The Balaban J connectivity index is 2.42. The predicted molar refractivity (Wildman–Crippen MR) is 60.7 cm³/mol. The number of ether oxygens (including phenoxy) is 1. The van der Waals surface area contributed by atoms with Crippen molar-refractivity contribution in [3.63, 3.8) is 0 Å². The van der Waals surface area contributed by atoms with E-state index in [1.54, 1.807) is 4.90 Å². The van der Waals surface area contributed by atoms with Gasteiger partial charge in [0.2, 0.25) is 0 Å². The van der Waals surface area contributed by atoms with E-state index >= 15 is 0 Å². The lowest BCUT2D eigenvalue weighted by atomic mass is 10.1. The molecule has 0 spiro atoms. The maximum Gasteiger partial charge on any atom is 0.417 e. The van der Waals surface area contributed by atoms with Gasteiger partial charge in [-0.15, -0.1) is 0 Å². The lowest BCUT2D eigenvalue weighted by Crippen LogP contribution is -2.37. The van der Waals surface area contributed by atoms with E-state index < -0.39 is 11.7 Å². The largest absolute Gasteiger partial charge is 0.417 e. The Labute approximate surface area is 103 Å². The normalized spacial score (nSPS) is 16.4. The van der Waals surface area contributed by atoms with Crippen molar-refractivity contribution in [1.29, 1.82) is 0 Å². The second-order valence-corrected chi connectivity index (χ2v) is 3.91. The summed E-state index contributed by atoms with van der Waals surface area (Å²) in [6, 6.07) is 3.67. The smallest absolute Gasteiger partial charge is 0.378 e. The maximum atomic E-state index is 13.0. The molecule has 1 fully saturated rings. The monoisotopic (exact) mass is 256 g/mol. The van der Waals surface area contributed by atoms with E-state index in [0.717, 1.165) is 6.07 Å². The molecule has 0 aliphatic carbocycles. The summed E-state index contributed by atoms with van der Waals surface area (Å²) in [7, 11) is 0. The third-order valence-corrected chi connectivity index (χ3v) is 2.77. The van der Waals surface area contributed by atoms with Crippen LogP contribution in [0.5, 0.6) is 0 Å². The highest BCUT2D eigenvalue weighted by atomic mass is 19.4. The zero-order valence-electron chi connectivity index (χ0n) is 9.50. The SMILES string of the molecule is [C-]#[N+]c1ccc(N2CCOCC2)c(C(F)(F)F)c1. The molecule has 1 aliphatic heterocycles. The minimum Gasteiger partial charge on any atom is -0.378 e. The number of nitrogens with zero attached hydrogens (tertiary/aromatic N) is 2. The third kappa shape index (κ3) is 2.57. The molecule has 3 nitrogen and oxygen atoms in total. The van der Waals surface area contributed by atoms with E-state index in [2.05, 4.69) is 4.85 Å². The molecule has 1 aliphatic rings. The van der Waals surface area contributed by atoms with Gasteiger partial charge in [-0.3, -0.25) is 0 Å². The number of benzene rings is 1. The van der Waals surface area contributed by atoms with Gasteiger partial charge in [-0.1, -0.05) is 6.07 Å². The van der Waals surface area contributed by atoms with Crippen LogP contribution in [0.3, 0.4) is 0 Å². The number of rotatable bonds is 1. The molecule has 1 heterocycles. The molecule has 6 heteroatoms. The first-order chi connectivity index (χ1) is 8.52. The fourth-order valence-electron chi connectivity index (χ4n) is 1.90. The van der Waals surface area contributed by atoms with Crippen LogP contribution in [0.4, 0.5) is 24.5 Å². The molecule has 0 amide bonds. The molecule has 18 heavy (non-hydrogen) atoms. The number of hydrogen-bond donors (Lipinski definition) is 0. The summed E-state index contributed by atoms with van der Waals surface area (Å²) in [5.74, 6) is 0. The van der Waals surface area contributed by atoms with Crippen molar-refractivity contribution in [2.75, 3.05) is 31.2 Å². The van der Waals surface area contributed by atoms with E-state index in [-0.39, 0.29) is 11.4 Å². The van der Waals surface area contributed by atoms with Crippen LogP contribution >= 0.6 is 0 Å². The lowest BCUT2D eigenvalue weighted by molar-refractivity contribution is -0.137. The highest BCUT2D eigenvalue weighted by molar-refractivity contribution is 5.62. The average Bonchev–Trinajstić information content (AvgIpc) is 2.38. The van der Waals surface area contributed by atoms with Crippen LogP contribution in [-0.2, 0) is 10.9 Å². The zero-order chi connectivity index (χ0) is 13.2. The van der Waals surface area contributed by atoms with Crippen LogP contribution in [-0.4, -0.2) is 26.3 Å². The molecule has 1 aromatic carbocycles. The van der Waals surface area contributed by atoms with E-state index in [0.29, 0.717) is 26.3 Å². The van der Waals surface area contributed by atoms with Crippen molar-refractivity contribution in [2.24, 2.45) is 0 Å². The molecule has 0 aromatic heterocycles. The van der Waals surface area contributed by atoms with Gasteiger partial charge in [0.1, 0.15) is 0 Å². The van der Waals surface area contributed by atoms with E-state index in [1.807, 2.05) is 0 Å². The van der Waals surface area contributed by atoms with Crippen LogP contribution < -0.4 is 4.90 Å². The first kappa shape index (κ1) is 12.7. The van der Waals surface area contributed by atoms with Crippen LogP contribution in [0.1, 0.15) is 5.56 Å². The molecule has 96 valence electrons. The fraction of sp³-hybridized carbons (Fsp3) is 0.417. The second-order valence-electron chi connectivity index (χ2n) is 3.91. The number of hydrogen-bond acceptors (Lipinski definition) is 2. The average molecular weight is 256 g/mol. The Kier molecular flexibility index (Phi) is 3.43. The van der Waals surface area contributed by atoms with E-state index in [4.69, 9.17) is 11.3 Å². The number of morpholine rings is 1. The number of alkyl halides is 3. The Hall–Kier alpha value is -1.74. The molecule has 2 rings (SSSR count). The number of halogens is 3. The second kappa shape index (κ2) is 4.86. The van der Waals surface area contributed by atoms with Crippen molar-refractivity contribution in [1.82, 2.24) is 0 Å². The lowest BCUT2D eigenvalue weighted by Gasteiger charge is -2.31. The van der Waals surface area contributed by atoms with Crippen molar-refractivity contribution in [2.45, 2.75) is 6.18 Å². The van der Waals surface area contributed by atoms with Gasteiger partial charge in [-0.05, 0) is 12.1 Å². The van der Waals surface area contributed by atoms with Gasteiger partial charge in [0.05, 0.1) is 25.3 Å². The van der Waals surface area contributed by atoms with Crippen LogP contribution in [0.25, 0.3) is 4.85 Å². The molecular weight excluding hydrogens is 245 g/mol. The molecule has 0 atom stereocenters. The summed E-state index contributed by atoms with van der Waals surface area (Å²) in [6.45, 7) is 8.48. The van der Waals surface area contributed by atoms with Gasteiger partial charge < -0.3 is 9.64 Å². The zero-order valence-corrected chi connectivity index (χ0v) is 9.50. The van der Waals surface area contributed by atoms with Gasteiger partial charge in [-0.2, -0.15) is 13.2 Å². The molecule has 0 saturated carbocycles. The van der Waals surface area contributed by atoms with Gasteiger partial charge in [-0.25, -0.2) is 4.85 Å². The molecule has 1 aromatic rings. The summed E-state index contributed by atoms with van der Waals surface area (Å²) in [4.78, 5) is 4.68. The first-order valence-electron chi connectivity index (χ1n) is 5.44. The first-order valence-corrected chi connectivity index (χ1v) is 5.44. The van der Waals surface area contributed by atoms with E-state index in [1.165, 1.54) is 12.1 Å². The predicted octanol–water partition coefficient (Wildman–Crippen LogP) is 3.09. The summed E-state index contributed by atoms with van der Waals surface area (Å²) in [5, 5.41) is 0. The van der Waals surface area contributed by atoms with Gasteiger partial charge >= 0.3 is 6.18 Å². The molecule has 1 saturated heterocycles. The molecule has 0 radical (unpaired) electrons. The summed E-state index contributed by atoms with van der Waals surface area (Å²) in [5.41, 5.74) is -0.629. The maximum absolute atomic E-state index is 13.0. The molecule has 0 N–H and O–H groups in total. The van der Waals surface area contributed by atoms with Crippen LogP contribution in [0, 0.1) is 6.57 Å². The van der Waals surface area contributed by atoms with Crippen molar-refractivity contribution in [3.8, 4) is 0 Å². The minimum atomic E-state index is -4.45. The van der Waals surface area contributed by atoms with Gasteiger partial charge in [0.15, 0.2) is 5.69 Å². The Morgan fingerprint density at radius 1 is 1.22 bits per heavy atom. The summed E-state index contributed by atoms with van der Waals surface area (Å²) >= 11 is 0. The van der Waals surface area contributed by atoms with E-state index in [9.17, 15) is 13.2 Å². The Morgan fingerprint density at radius 2 is 1.89 bits per heavy atom. The van der Waals surface area contributed by atoms with Crippen molar-refractivity contribution < 1.29 is 17.9 Å². The highest BCUT2D eigenvalue weighted by Gasteiger charge is 2.35. The molecular formula is C12H11F3N2O. The third-order valence-electron chi connectivity index (χ3n) is 2.77. The standard InChI is InChI=1S/C12H11F3N2O/c1-16-9-2-3-11(10(8-9)12(13,14)15)17-4-6-18-7-5-17/h2-3,8H,4-7H2. The topological polar surface area (TPSA) is 16.8 Å². The van der Waals surface area contributed by atoms with Gasteiger partial charge in [0.25, 0.3) is 0 Å². The fourth-order valence-corrected chi connectivity index (χ4v) is 1.90. The Morgan fingerprint density at radius 3 is 2.44 bits per heavy atom. The highest BCUT2D eigenvalue weighted by Crippen LogP contribution is 2.39. The van der Waals surface area contributed by atoms with Crippen molar-refractivity contribution >= 4 is 11.4 Å². The quantitative estimate of drug-likeness (QED) is 0.718. The minimum absolute atomic E-state index is 0.000616. The Bertz CT molecular complexity index is 473.